The van der Waals surface area contributed by atoms with Crippen LogP contribution in [0.3, 0.4) is 0 Å². The Kier molecular flexibility index (Phi) is 5.50. The van der Waals surface area contributed by atoms with Gasteiger partial charge < -0.3 is 9.73 Å². The Morgan fingerprint density at radius 1 is 1.41 bits per heavy atom. The SMILES string of the molecule is CCn1c(SCC(=O)Nc2ccc(F)c([N+](=O)[O-])c2)nnc1-c1ccco1. The number of carbonyl (C=O) groups is 1. The predicted molar refractivity (Wildman–Crippen MR) is 95.8 cm³/mol. The number of aromatic nitrogens is 3. The molecule has 0 aliphatic heterocycles. The third-order valence-corrected chi connectivity index (χ3v) is 4.50. The van der Waals surface area contributed by atoms with Crippen molar-refractivity contribution in [3.8, 4) is 11.6 Å². The topological polar surface area (TPSA) is 116 Å². The van der Waals surface area contributed by atoms with Crippen molar-refractivity contribution >= 4 is 29.0 Å². The first kappa shape index (κ1) is 18.6. The molecule has 0 aliphatic carbocycles. The summed E-state index contributed by atoms with van der Waals surface area (Å²) in [6.45, 7) is 2.49. The van der Waals surface area contributed by atoms with Crippen LogP contribution in [-0.2, 0) is 11.3 Å². The van der Waals surface area contributed by atoms with Gasteiger partial charge in [0.2, 0.25) is 11.7 Å². The summed E-state index contributed by atoms with van der Waals surface area (Å²) >= 11 is 1.16. The van der Waals surface area contributed by atoms with Crippen LogP contribution in [0, 0.1) is 15.9 Å². The smallest absolute Gasteiger partial charge is 0.306 e. The number of hydrogen-bond donors (Lipinski definition) is 1. The number of nitrogens with zero attached hydrogens (tertiary/aromatic N) is 4. The van der Waals surface area contributed by atoms with Gasteiger partial charge in [0.05, 0.1) is 16.9 Å². The molecular formula is C16H14FN5O4S. The van der Waals surface area contributed by atoms with Gasteiger partial charge in [0.25, 0.3) is 0 Å². The molecule has 0 bridgehead atoms. The van der Waals surface area contributed by atoms with Crippen molar-refractivity contribution in [2.24, 2.45) is 0 Å². The van der Waals surface area contributed by atoms with Crippen LogP contribution in [0.4, 0.5) is 15.8 Å². The Morgan fingerprint density at radius 3 is 2.89 bits per heavy atom. The summed E-state index contributed by atoms with van der Waals surface area (Å²) in [5.41, 5.74) is -0.559. The highest BCUT2D eigenvalue weighted by atomic mass is 32.2. The number of benzene rings is 1. The maximum atomic E-state index is 13.3. The molecule has 0 spiro atoms. The number of thioether (sulfide) groups is 1. The van der Waals surface area contributed by atoms with Crippen molar-refractivity contribution in [3.05, 3.63) is 52.5 Å². The second-order valence-corrected chi connectivity index (χ2v) is 6.23. The lowest BCUT2D eigenvalue weighted by Gasteiger charge is -2.07. The number of hydrogen-bond acceptors (Lipinski definition) is 7. The molecule has 0 aliphatic rings. The molecule has 0 radical (unpaired) electrons. The highest BCUT2D eigenvalue weighted by Crippen LogP contribution is 2.25. The van der Waals surface area contributed by atoms with Crippen molar-refractivity contribution in [3.63, 3.8) is 0 Å². The lowest BCUT2D eigenvalue weighted by atomic mass is 10.2. The van der Waals surface area contributed by atoms with Crippen molar-refractivity contribution in [2.75, 3.05) is 11.1 Å². The van der Waals surface area contributed by atoms with Crippen LogP contribution >= 0.6 is 11.8 Å². The Bertz CT molecular complexity index is 973. The fourth-order valence-corrected chi connectivity index (χ4v) is 3.13. The van der Waals surface area contributed by atoms with Crippen LogP contribution < -0.4 is 5.32 Å². The molecule has 2 heterocycles. The molecule has 3 aromatic rings. The molecular weight excluding hydrogens is 377 g/mol. The van der Waals surface area contributed by atoms with E-state index in [0.29, 0.717) is 23.3 Å². The third kappa shape index (κ3) is 4.14. The summed E-state index contributed by atoms with van der Waals surface area (Å²) < 4.78 is 20.5. The number of carbonyl (C=O) groups excluding carboxylic acids is 1. The maximum absolute atomic E-state index is 13.3. The standard InChI is InChI=1S/C16H14FN5O4S/c1-2-21-15(13-4-3-7-26-13)19-20-16(21)27-9-14(23)18-10-5-6-11(17)12(8-10)22(24)25/h3-8H,2,9H2,1H3,(H,18,23). The summed E-state index contributed by atoms with van der Waals surface area (Å²) in [6, 6.07) is 6.67. The van der Waals surface area contributed by atoms with E-state index in [2.05, 4.69) is 15.5 Å². The van der Waals surface area contributed by atoms with Gasteiger partial charge in [0.1, 0.15) is 0 Å². The molecule has 27 heavy (non-hydrogen) atoms. The van der Waals surface area contributed by atoms with Crippen LogP contribution in [0.25, 0.3) is 11.6 Å². The Balaban J connectivity index is 1.66. The zero-order chi connectivity index (χ0) is 19.4. The minimum Gasteiger partial charge on any atom is -0.461 e. The minimum absolute atomic E-state index is 0.00145. The largest absolute Gasteiger partial charge is 0.461 e. The van der Waals surface area contributed by atoms with Crippen LogP contribution in [0.1, 0.15) is 6.92 Å². The molecule has 2 aromatic heterocycles. The lowest BCUT2D eigenvalue weighted by Crippen LogP contribution is -2.15. The van der Waals surface area contributed by atoms with E-state index in [-0.39, 0.29) is 11.4 Å². The number of nitrogens with one attached hydrogen (secondary N) is 1. The molecule has 140 valence electrons. The molecule has 0 fully saturated rings. The van der Waals surface area contributed by atoms with Crippen LogP contribution in [0.2, 0.25) is 0 Å². The number of nitro groups is 1. The summed E-state index contributed by atoms with van der Waals surface area (Å²) in [5.74, 6) is -0.250. The average Bonchev–Trinajstić information content (AvgIpc) is 3.30. The first-order chi connectivity index (χ1) is 13.0. The second kappa shape index (κ2) is 7.99. The fraction of sp³-hybridized carbons (Fsp3) is 0.188. The number of rotatable bonds is 7. The quantitative estimate of drug-likeness (QED) is 0.373. The van der Waals surface area contributed by atoms with Crippen LogP contribution in [0.5, 0.6) is 0 Å². The highest BCUT2D eigenvalue weighted by Gasteiger charge is 2.18. The van der Waals surface area contributed by atoms with Crippen LogP contribution in [-0.4, -0.2) is 31.3 Å². The summed E-state index contributed by atoms with van der Waals surface area (Å²) in [5, 5.41) is 21.9. The third-order valence-electron chi connectivity index (χ3n) is 3.53. The van der Waals surface area contributed by atoms with Crippen molar-refractivity contribution in [2.45, 2.75) is 18.6 Å². The molecule has 9 nitrogen and oxygen atoms in total. The van der Waals surface area contributed by atoms with E-state index in [9.17, 15) is 19.3 Å². The zero-order valence-electron chi connectivity index (χ0n) is 14.1. The number of nitro benzene ring substituents is 1. The number of anilines is 1. The highest BCUT2D eigenvalue weighted by molar-refractivity contribution is 7.99. The van der Waals surface area contributed by atoms with Gasteiger partial charge in [-0.15, -0.1) is 10.2 Å². The molecule has 0 unspecified atom stereocenters. The molecule has 1 aromatic carbocycles. The molecule has 11 heteroatoms. The second-order valence-electron chi connectivity index (χ2n) is 5.29. The van der Waals surface area contributed by atoms with Gasteiger partial charge in [-0.3, -0.25) is 19.5 Å². The number of amides is 1. The Labute approximate surface area is 156 Å². The lowest BCUT2D eigenvalue weighted by molar-refractivity contribution is -0.387. The number of halogens is 1. The summed E-state index contributed by atoms with van der Waals surface area (Å²) in [6.07, 6.45) is 1.53. The van der Waals surface area contributed by atoms with Gasteiger partial charge >= 0.3 is 5.69 Å². The van der Waals surface area contributed by atoms with Gasteiger partial charge in [-0.25, -0.2) is 0 Å². The van der Waals surface area contributed by atoms with Gasteiger partial charge in [-0.2, -0.15) is 4.39 Å². The van der Waals surface area contributed by atoms with Crippen molar-refractivity contribution in [1.82, 2.24) is 14.8 Å². The summed E-state index contributed by atoms with van der Waals surface area (Å²) in [7, 11) is 0. The zero-order valence-corrected chi connectivity index (χ0v) is 14.9. The molecule has 1 N–H and O–H groups in total. The van der Waals surface area contributed by atoms with E-state index < -0.39 is 22.3 Å². The first-order valence-corrected chi connectivity index (χ1v) is 8.81. The van der Waals surface area contributed by atoms with E-state index in [4.69, 9.17) is 4.42 Å². The minimum atomic E-state index is -0.964. The monoisotopic (exact) mass is 391 g/mol. The van der Waals surface area contributed by atoms with Gasteiger partial charge in [-0.05, 0) is 31.2 Å². The summed E-state index contributed by atoms with van der Waals surface area (Å²) in [4.78, 5) is 22.0. The molecule has 0 atom stereocenters. The fourth-order valence-electron chi connectivity index (χ4n) is 2.33. The molecule has 0 saturated heterocycles. The van der Waals surface area contributed by atoms with Gasteiger partial charge in [0.15, 0.2) is 16.7 Å². The Morgan fingerprint density at radius 2 is 2.22 bits per heavy atom. The maximum Gasteiger partial charge on any atom is 0.306 e. The average molecular weight is 391 g/mol. The number of furan rings is 1. The van der Waals surface area contributed by atoms with E-state index in [1.807, 2.05) is 6.92 Å². The van der Waals surface area contributed by atoms with E-state index >= 15 is 0 Å². The van der Waals surface area contributed by atoms with Gasteiger partial charge in [-0.1, -0.05) is 11.8 Å². The van der Waals surface area contributed by atoms with Crippen molar-refractivity contribution < 1.29 is 18.5 Å². The normalized spacial score (nSPS) is 10.7. The molecule has 0 saturated carbocycles. The van der Waals surface area contributed by atoms with Crippen molar-refractivity contribution in [1.29, 1.82) is 0 Å². The van der Waals surface area contributed by atoms with Crippen LogP contribution in [0.15, 0.2) is 46.2 Å². The van der Waals surface area contributed by atoms with Gasteiger partial charge in [0, 0.05) is 18.3 Å². The van der Waals surface area contributed by atoms with E-state index in [1.54, 1.807) is 16.7 Å². The Hall–Kier alpha value is -3.21. The first-order valence-electron chi connectivity index (χ1n) is 7.83. The van der Waals surface area contributed by atoms with E-state index in [0.717, 1.165) is 23.9 Å². The molecule has 3 rings (SSSR count). The molecule has 1 amide bonds. The van der Waals surface area contributed by atoms with E-state index in [1.165, 1.54) is 12.3 Å². The predicted octanol–water partition coefficient (Wildman–Crippen LogP) is 3.34.